The van der Waals surface area contributed by atoms with E-state index in [1.54, 1.807) is 18.2 Å². The first-order chi connectivity index (χ1) is 7.18. The van der Waals surface area contributed by atoms with Crippen molar-refractivity contribution in [2.45, 2.75) is 31.4 Å². The Morgan fingerprint density at radius 2 is 2.07 bits per heavy atom. The largest absolute Gasteiger partial charge is 0.478 e. The normalized spacial score (nSPS) is 25.4. The number of carboxylic acids is 1. The van der Waals surface area contributed by atoms with Crippen LogP contribution in [0.4, 0.5) is 4.39 Å². The Morgan fingerprint density at radius 1 is 1.33 bits per heavy atom. The van der Waals surface area contributed by atoms with Gasteiger partial charge in [-0.2, -0.15) is 0 Å². The van der Waals surface area contributed by atoms with Crippen molar-refractivity contribution >= 4 is 5.97 Å². The van der Waals surface area contributed by atoms with Gasteiger partial charge in [-0.25, -0.2) is 9.18 Å². The second-order valence-corrected chi connectivity index (χ2v) is 4.00. The smallest absolute Gasteiger partial charge is 0.335 e. The minimum absolute atomic E-state index is 0.0762. The average Bonchev–Trinajstić information content (AvgIpc) is 2.65. The molecule has 3 heteroatoms. The predicted molar refractivity (Wildman–Crippen MR) is 54.9 cm³/mol. The molecule has 0 aliphatic heterocycles. The first-order valence-electron chi connectivity index (χ1n) is 5.14. The van der Waals surface area contributed by atoms with Crippen molar-refractivity contribution in [3.05, 3.63) is 35.4 Å². The lowest BCUT2D eigenvalue weighted by Gasteiger charge is -2.12. The van der Waals surface area contributed by atoms with E-state index in [1.807, 2.05) is 6.07 Å². The lowest BCUT2D eigenvalue weighted by molar-refractivity contribution is 0.0695. The number of benzene rings is 1. The van der Waals surface area contributed by atoms with Gasteiger partial charge in [-0.1, -0.05) is 18.2 Å². The Bertz CT molecular complexity index is 376. The molecule has 15 heavy (non-hydrogen) atoms. The second-order valence-electron chi connectivity index (χ2n) is 4.00. The molecule has 0 radical (unpaired) electrons. The molecule has 0 spiro atoms. The zero-order valence-corrected chi connectivity index (χ0v) is 8.32. The number of hydrogen-bond donors (Lipinski definition) is 1. The van der Waals surface area contributed by atoms with Crippen molar-refractivity contribution in [1.29, 1.82) is 0 Å². The molecular weight excluding hydrogens is 195 g/mol. The van der Waals surface area contributed by atoms with E-state index in [4.69, 9.17) is 5.11 Å². The van der Waals surface area contributed by atoms with E-state index in [9.17, 15) is 9.18 Å². The van der Waals surface area contributed by atoms with Crippen LogP contribution in [-0.4, -0.2) is 17.2 Å². The molecule has 1 aromatic rings. The molecule has 0 heterocycles. The molecule has 1 N–H and O–H groups in total. The highest BCUT2D eigenvalue weighted by molar-refractivity contribution is 5.89. The Morgan fingerprint density at radius 3 is 2.67 bits per heavy atom. The number of carboxylic acid groups (broad SMARTS) is 1. The maximum absolute atomic E-state index is 13.0. The van der Waals surface area contributed by atoms with Crippen molar-refractivity contribution in [1.82, 2.24) is 0 Å². The summed E-state index contributed by atoms with van der Waals surface area (Å²) in [4.78, 5) is 11.0. The van der Waals surface area contributed by atoms with Crippen LogP contribution in [0.3, 0.4) is 0 Å². The average molecular weight is 208 g/mol. The molecule has 1 aliphatic carbocycles. The monoisotopic (exact) mass is 208 g/mol. The van der Waals surface area contributed by atoms with Crippen molar-refractivity contribution in [3.8, 4) is 0 Å². The summed E-state index contributed by atoms with van der Waals surface area (Å²) in [6.07, 6.45) is 1.01. The highest BCUT2D eigenvalue weighted by atomic mass is 19.1. The Hall–Kier alpha value is -1.38. The SMILES string of the molecule is O=C(O)c1ccccc1C1CCC(F)C1. The topological polar surface area (TPSA) is 37.3 Å². The molecule has 0 bridgehead atoms. The third-order valence-corrected chi connectivity index (χ3v) is 3.00. The lowest BCUT2D eigenvalue weighted by atomic mass is 9.93. The molecule has 1 aromatic carbocycles. The molecule has 2 rings (SSSR count). The van der Waals surface area contributed by atoms with Crippen LogP contribution in [0.2, 0.25) is 0 Å². The van der Waals surface area contributed by atoms with Crippen molar-refractivity contribution in [2.75, 3.05) is 0 Å². The third-order valence-electron chi connectivity index (χ3n) is 3.00. The number of halogens is 1. The molecule has 0 amide bonds. The highest BCUT2D eigenvalue weighted by Gasteiger charge is 2.28. The predicted octanol–water partition coefficient (Wildman–Crippen LogP) is 2.99. The van der Waals surface area contributed by atoms with Crippen molar-refractivity contribution < 1.29 is 14.3 Å². The number of carbonyl (C=O) groups is 1. The van der Waals surface area contributed by atoms with Gasteiger partial charge in [0.25, 0.3) is 0 Å². The van der Waals surface area contributed by atoms with Crippen LogP contribution in [0.25, 0.3) is 0 Å². The van der Waals surface area contributed by atoms with Crippen molar-refractivity contribution in [2.24, 2.45) is 0 Å². The Kier molecular flexibility index (Phi) is 2.71. The van der Waals surface area contributed by atoms with Gasteiger partial charge >= 0.3 is 5.97 Å². The van der Waals surface area contributed by atoms with Gasteiger partial charge in [0.05, 0.1) is 5.56 Å². The molecule has 1 fully saturated rings. The molecule has 0 aromatic heterocycles. The highest BCUT2D eigenvalue weighted by Crippen LogP contribution is 2.37. The van der Waals surface area contributed by atoms with Crippen LogP contribution < -0.4 is 0 Å². The fraction of sp³-hybridized carbons (Fsp3) is 0.417. The van der Waals surface area contributed by atoms with Crippen LogP contribution in [0.1, 0.15) is 41.1 Å². The summed E-state index contributed by atoms with van der Waals surface area (Å²) in [7, 11) is 0. The summed E-state index contributed by atoms with van der Waals surface area (Å²) in [5.74, 6) is -0.847. The standard InChI is InChI=1S/C12H13FO2/c13-9-6-5-8(7-9)10-3-1-2-4-11(10)12(14)15/h1-4,8-9H,5-7H2,(H,14,15). The molecule has 2 nitrogen and oxygen atoms in total. The minimum Gasteiger partial charge on any atom is -0.478 e. The fourth-order valence-electron chi connectivity index (χ4n) is 2.26. The maximum Gasteiger partial charge on any atom is 0.335 e. The molecule has 2 unspecified atom stereocenters. The summed E-state index contributed by atoms with van der Waals surface area (Å²) in [6.45, 7) is 0. The van der Waals surface area contributed by atoms with Gasteiger partial charge in [0.15, 0.2) is 0 Å². The number of hydrogen-bond acceptors (Lipinski definition) is 1. The van der Waals surface area contributed by atoms with E-state index in [1.165, 1.54) is 0 Å². The van der Waals surface area contributed by atoms with Gasteiger partial charge in [0.1, 0.15) is 6.17 Å². The number of rotatable bonds is 2. The Labute approximate surface area is 87.7 Å². The summed E-state index contributed by atoms with van der Waals surface area (Å²) in [6, 6.07) is 6.90. The zero-order valence-electron chi connectivity index (χ0n) is 8.32. The third kappa shape index (κ3) is 2.01. The van der Waals surface area contributed by atoms with Gasteiger partial charge in [-0.15, -0.1) is 0 Å². The summed E-state index contributed by atoms with van der Waals surface area (Å²) < 4.78 is 13.0. The van der Waals surface area contributed by atoms with E-state index in [2.05, 4.69) is 0 Å². The molecular formula is C12H13FO2. The zero-order chi connectivity index (χ0) is 10.8. The molecule has 1 aliphatic rings. The van der Waals surface area contributed by atoms with E-state index in [0.717, 1.165) is 12.0 Å². The first-order valence-corrected chi connectivity index (χ1v) is 5.14. The fourth-order valence-corrected chi connectivity index (χ4v) is 2.26. The van der Waals surface area contributed by atoms with Gasteiger partial charge in [0.2, 0.25) is 0 Å². The summed E-state index contributed by atoms with van der Waals surface area (Å²) in [5.41, 5.74) is 1.10. The van der Waals surface area contributed by atoms with E-state index in [-0.39, 0.29) is 5.92 Å². The van der Waals surface area contributed by atoms with Gasteiger partial charge in [-0.3, -0.25) is 0 Å². The minimum atomic E-state index is -0.923. The maximum atomic E-state index is 13.0. The van der Waals surface area contributed by atoms with Gasteiger partial charge in [0, 0.05) is 0 Å². The lowest BCUT2D eigenvalue weighted by Crippen LogP contribution is -2.05. The van der Waals surface area contributed by atoms with E-state index in [0.29, 0.717) is 18.4 Å². The van der Waals surface area contributed by atoms with Crippen LogP contribution in [0.15, 0.2) is 24.3 Å². The van der Waals surface area contributed by atoms with Gasteiger partial charge < -0.3 is 5.11 Å². The van der Waals surface area contributed by atoms with Crippen LogP contribution in [-0.2, 0) is 0 Å². The summed E-state index contributed by atoms with van der Waals surface area (Å²) >= 11 is 0. The van der Waals surface area contributed by atoms with Crippen LogP contribution in [0.5, 0.6) is 0 Å². The number of aromatic carboxylic acids is 1. The number of alkyl halides is 1. The van der Waals surface area contributed by atoms with Crippen LogP contribution in [0, 0.1) is 0 Å². The molecule has 2 atom stereocenters. The second kappa shape index (κ2) is 4.01. The molecule has 80 valence electrons. The first kappa shape index (κ1) is 10.1. The summed E-state index contributed by atoms with van der Waals surface area (Å²) in [5, 5.41) is 9.00. The van der Waals surface area contributed by atoms with E-state index < -0.39 is 12.1 Å². The molecule has 0 saturated heterocycles. The van der Waals surface area contributed by atoms with E-state index >= 15 is 0 Å². The van der Waals surface area contributed by atoms with Crippen molar-refractivity contribution in [3.63, 3.8) is 0 Å². The quantitative estimate of drug-likeness (QED) is 0.811. The van der Waals surface area contributed by atoms with Gasteiger partial charge in [-0.05, 0) is 36.8 Å². The van der Waals surface area contributed by atoms with Crippen LogP contribution >= 0.6 is 0 Å². The Balaban J connectivity index is 2.31. The molecule has 1 saturated carbocycles.